The Balaban J connectivity index is 1.51. The van der Waals surface area contributed by atoms with Gasteiger partial charge >= 0.3 is 6.09 Å². The van der Waals surface area contributed by atoms with E-state index in [-0.39, 0.29) is 17.0 Å². The summed E-state index contributed by atoms with van der Waals surface area (Å²) < 4.78 is 19.7. The number of nitrogens with one attached hydrogen (secondary N) is 2. The lowest BCUT2D eigenvalue weighted by molar-refractivity contribution is 0.186. The Hall–Kier alpha value is -4.45. The summed E-state index contributed by atoms with van der Waals surface area (Å²) in [5.41, 5.74) is 3.93. The highest BCUT2D eigenvalue weighted by molar-refractivity contribution is 6.99. The first-order chi connectivity index (χ1) is 24.5. The maximum absolute atomic E-state index is 12.3. The van der Waals surface area contributed by atoms with Crippen LogP contribution in [0.25, 0.3) is 11.0 Å². The first-order valence-electron chi connectivity index (χ1n) is 17.4. The van der Waals surface area contributed by atoms with Crippen LogP contribution < -0.4 is 25.7 Å². The molecule has 0 bridgehead atoms. The molecule has 1 atom stereocenters. The SMILES string of the molecule is CCC[C@@H](CCO[Si](c1ccccc1)(c1ccccc1)C(C)(C)C)Nc1nc(NC(=O)OC)nc2c(C)nn(Cc3ccc(CCl)cc3OC)c12. The van der Waals surface area contributed by atoms with Crippen LogP contribution >= 0.6 is 11.6 Å². The third-order valence-corrected chi connectivity index (χ3v) is 14.5. The molecule has 0 saturated carbocycles. The first kappa shape index (κ1) is 37.8. The number of benzene rings is 3. The second-order valence-electron chi connectivity index (χ2n) is 13.7. The molecule has 0 unspecified atom stereocenters. The van der Waals surface area contributed by atoms with Crippen LogP contribution in [0.2, 0.25) is 5.04 Å². The number of hydrogen-bond acceptors (Lipinski definition) is 8. The maximum atomic E-state index is 12.3. The molecule has 0 spiro atoms. The fourth-order valence-electron chi connectivity index (χ4n) is 6.75. The van der Waals surface area contributed by atoms with E-state index >= 15 is 0 Å². The third-order valence-electron chi connectivity index (χ3n) is 9.16. The van der Waals surface area contributed by atoms with Gasteiger partial charge in [-0.2, -0.15) is 10.1 Å². The average molecular weight is 729 g/mol. The summed E-state index contributed by atoms with van der Waals surface area (Å²) in [6.07, 6.45) is 1.89. The number of carbonyl (C=O) groups is 1. The minimum atomic E-state index is -2.72. The molecule has 0 fully saturated rings. The first-order valence-corrected chi connectivity index (χ1v) is 19.8. The second kappa shape index (κ2) is 16.7. The zero-order valence-corrected chi connectivity index (χ0v) is 32.4. The molecule has 0 radical (unpaired) electrons. The van der Waals surface area contributed by atoms with Crippen molar-refractivity contribution < 1.29 is 18.7 Å². The van der Waals surface area contributed by atoms with E-state index in [1.54, 1.807) is 7.11 Å². The van der Waals surface area contributed by atoms with Gasteiger partial charge in [0.15, 0.2) is 5.82 Å². The highest BCUT2D eigenvalue weighted by atomic mass is 35.5. The number of aromatic nitrogens is 4. The van der Waals surface area contributed by atoms with E-state index in [0.29, 0.717) is 36.1 Å². The van der Waals surface area contributed by atoms with Gasteiger partial charge in [0.05, 0.1) is 26.5 Å². The van der Waals surface area contributed by atoms with Crippen LogP contribution in [0.1, 0.15) is 63.8 Å². The van der Waals surface area contributed by atoms with Crippen molar-refractivity contribution in [3.63, 3.8) is 0 Å². The molecule has 270 valence electrons. The van der Waals surface area contributed by atoms with Crippen molar-refractivity contribution in [2.75, 3.05) is 31.5 Å². The number of anilines is 2. The largest absolute Gasteiger partial charge is 0.496 e. The summed E-state index contributed by atoms with van der Waals surface area (Å²) in [5.74, 6) is 1.80. The smallest absolute Gasteiger partial charge is 0.413 e. The summed E-state index contributed by atoms with van der Waals surface area (Å²) in [7, 11) is 0.235. The number of hydrogen-bond donors (Lipinski definition) is 2. The number of methoxy groups -OCH3 is 2. The average Bonchev–Trinajstić information content (AvgIpc) is 3.44. The molecule has 2 aromatic heterocycles. The van der Waals surface area contributed by atoms with Gasteiger partial charge in [0.25, 0.3) is 8.32 Å². The van der Waals surface area contributed by atoms with Gasteiger partial charge in [0.2, 0.25) is 5.95 Å². The van der Waals surface area contributed by atoms with Gasteiger partial charge in [-0.15, -0.1) is 11.6 Å². The Morgan fingerprint density at radius 1 is 0.961 bits per heavy atom. The van der Waals surface area contributed by atoms with Crippen LogP contribution in [0.15, 0.2) is 78.9 Å². The van der Waals surface area contributed by atoms with E-state index in [4.69, 9.17) is 35.6 Å². The lowest BCUT2D eigenvalue weighted by Crippen LogP contribution is -2.66. The van der Waals surface area contributed by atoms with Gasteiger partial charge in [0.1, 0.15) is 16.8 Å². The summed E-state index contributed by atoms with van der Waals surface area (Å²) in [6, 6.07) is 27.3. The van der Waals surface area contributed by atoms with E-state index in [9.17, 15) is 4.79 Å². The van der Waals surface area contributed by atoms with Gasteiger partial charge in [-0.3, -0.25) is 10.00 Å². The highest BCUT2D eigenvalue weighted by Crippen LogP contribution is 2.37. The quantitative estimate of drug-likeness (QED) is 0.0835. The molecular formula is C39H49ClN6O4Si. The number of aryl methyl sites for hydroxylation is 1. The molecule has 0 aliphatic rings. The summed E-state index contributed by atoms with van der Waals surface area (Å²) in [4.78, 5) is 21.8. The molecule has 0 aliphatic heterocycles. The molecule has 0 saturated heterocycles. The van der Waals surface area contributed by atoms with E-state index in [2.05, 4.69) is 104 Å². The molecular weight excluding hydrogens is 680 g/mol. The number of fused-ring (bicyclic) bond motifs is 1. The minimum Gasteiger partial charge on any atom is -0.496 e. The molecule has 10 nitrogen and oxygen atoms in total. The zero-order chi connectivity index (χ0) is 36.6. The van der Waals surface area contributed by atoms with Crippen molar-refractivity contribution in [3.05, 3.63) is 95.7 Å². The summed E-state index contributed by atoms with van der Waals surface area (Å²) in [6.45, 7) is 11.9. The number of amides is 1. The second-order valence-corrected chi connectivity index (χ2v) is 18.2. The third kappa shape index (κ3) is 8.38. The zero-order valence-electron chi connectivity index (χ0n) is 30.6. The maximum Gasteiger partial charge on any atom is 0.413 e. The Bertz CT molecular complexity index is 1880. The van der Waals surface area contributed by atoms with Crippen molar-refractivity contribution >= 4 is 59.2 Å². The molecule has 2 N–H and O–H groups in total. The minimum absolute atomic E-state index is 0.00140. The van der Waals surface area contributed by atoms with Crippen molar-refractivity contribution in [2.45, 2.75) is 77.4 Å². The van der Waals surface area contributed by atoms with E-state index in [0.717, 1.165) is 41.7 Å². The van der Waals surface area contributed by atoms with Crippen LogP contribution in [-0.4, -0.2) is 61.0 Å². The Kier molecular flexibility index (Phi) is 12.4. The molecule has 1 amide bonds. The molecule has 5 aromatic rings. The van der Waals surface area contributed by atoms with Gasteiger partial charge in [0, 0.05) is 24.1 Å². The number of halogens is 1. The van der Waals surface area contributed by atoms with E-state index in [1.165, 1.54) is 17.5 Å². The van der Waals surface area contributed by atoms with Gasteiger partial charge in [-0.05, 0) is 46.8 Å². The number of alkyl halides is 1. The van der Waals surface area contributed by atoms with Crippen LogP contribution in [-0.2, 0) is 21.6 Å². The predicted molar refractivity (Wildman–Crippen MR) is 208 cm³/mol. The molecule has 51 heavy (non-hydrogen) atoms. The van der Waals surface area contributed by atoms with Crippen molar-refractivity contribution in [1.82, 2.24) is 19.7 Å². The molecule has 2 heterocycles. The van der Waals surface area contributed by atoms with E-state index < -0.39 is 14.4 Å². The lowest BCUT2D eigenvalue weighted by atomic mass is 10.1. The van der Waals surface area contributed by atoms with Gasteiger partial charge in [-0.1, -0.05) is 107 Å². The molecule has 12 heteroatoms. The predicted octanol–water partition coefficient (Wildman–Crippen LogP) is 7.66. The molecule has 0 aliphatic carbocycles. The van der Waals surface area contributed by atoms with Crippen LogP contribution in [0.4, 0.5) is 16.6 Å². The van der Waals surface area contributed by atoms with Crippen LogP contribution in [0, 0.1) is 6.92 Å². The van der Waals surface area contributed by atoms with Crippen LogP contribution in [0.3, 0.4) is 0 Å². The Labute approximate surface area is 307 Å². The molecule has 3 aromatic carbocycles. The number of ether oxygens (including phenoxy) is 2. The monoisotopic (exact) mass is 728 g/mol. The number of carbonyl (C=O) groups excluding carboxylic acids is 1. The molecule has 5 rings (SSSR count). The standard InChI is InChI=1S/C39H49ClN6O4Si/c1-8-15-30(22-23-50-51(39(3,4)5,31-16-11-9-12-17-31)32-18-13-10-14-19-32)41-36-35-34(42-37(43-36)44-38(47)49-7)27(2)45-46(35)26-29-21-20-28(25-40)24-33(29)48-6/h9-14,16-21,24,30H,8,15,22-23,25-26H2,1-7H3,(H2,41,42,43,44,47)/t30-/m0/s1. The van der Waals surface area contributed by atoms with Crippen molar-refractivity contribution in [1.29, 1.82) is 0 Å². The topological polar surface area (TPSA) is 112 Å². The van der Waals surface area contributed by atoms with Gasteiger partial charge in [-0.25, -0.2) is 9.78 Å². The Morgan fingerprint density at radius 2 is 1.63 bits per heavy atom. The number of nitrogens with zero attached hydrogens (tertiary/aromatic N) is 4. The lowest BCUT2D eigenvalue weighted by Gasteiger charge is -2.43. The fraction of sp³-hybridized carbons (Fsp3) is 0.385. The van der Waals surface area contributed by atoms with Crippen molar-refractivity contribution in [3.8, 4) is 5.75 Å². The van der Waals surface area contributed by atoms with Crippen LogP contribution in [0.5, 0.6) is 5.75 Å². The number of rotatable bonds is 15. The fourth-order valence-corrected chi connectivity index (χ4v) is 11.5. The highest BCUT2D eigenvalue weighted by Gasteiger charge is 2.50. The Morgan fingerprint density at radius 3 is 2.20 bits per heavy atom. The summed E-state index contributed by atoms with van der Waals surface area (Å²) >= 11 is 6.11. The summed E-state index contributed by atoms with van der Waals surface area (Å²) in [5, 5.41) is 13.6. The van der Waals surface area contributed by atoms with Gasteiger partial charge < -0.3 is 19.2 Å². The normalized spacial score (nSPS) is 12.5. The van der Waals surface area contributed by atoms with Crippen molar-refractivity contribution in [2.24, 2.45) is 0 Å². The van der Waals surface area contributed by atoms with E-state index in [1.807, 2.05) is 29.8 Å².